The zero-order valence-electron chi connectivity index (χ0n) is 15.6. The van der Waals surface area contributed by atoms with Crippen LogP contribution in [0.2, 0.25) is 5.02 Å². The maximum atomic E-state index is 12.3. The molecule has 6 heteroatoms. The summed E-state index contributed by atoms with van der Waals surface area (Å²) in [7, 11) is 1.65. The number of halogens is 1. The lowest BCUT2D eigenvalue weighted by Crippen LogP contribution is -2.27. The molecule has 1 N–H and O–H groups in total. The summed E-state index contributed by atoms with van der Waals surface area (Å²) in [6, 6.07) is 9.63. The van der Waals surface area contributed by atoms with E-state index in [-0.39, 0.29) is 12.3 Å². The molecule has 0 atom stereocenters. The summed E-state index contributed by atoms with van der Waals surface area (Å²) in [4.78, 5) is 12.3. The Labute approximate surface area is 164 Å². The number of hydrogen-bond acceptors (Lipinski definition) is 4. The standard InChI is InChI=1S/C21H24ClNO4/c1-14-4-5-18(25-2)16(10-14)6-7-23-20(24)13-15-11-17(22)21-19(12-15)26-8-3-9-27-21/h4-5,10-12H,3,6-9,13H2,1-2H3,(H,23,24). The van der Waals surface area contributed by atoms with Gasteiger partial charge in [0.2, 0.25) is 5.91 Å². The Kier molecular flexibility index (Phi) is 6.45. The van der Waals surface area contributed by atoms with Crippen molar-refractivity contribution < 1.29 is 19.0 Å². The van der Waals surface area contributed by atoms with Crippen molar-refractivity contribution in [2.24, 2.45) is 0 Å². The van der Waals surface area contributed by atoms with Gasteiger partial charge in [0, 0.05) is 13.0 Å². The van der Waals surface area contributed by atoms with Crippen LogP contribution in [0, 0.1) is 6.92 Å². The first-order valence-electron chi connectivity index (χ1n) is 9.05. The summed E-state index contributed by atoms with van der Waals surface area (Å²) in [6.07, 6.45) is 1.75. The number of hydrogen-bond donors (Lipinski definition) is 1. The maximum absolute atomic E-state index is 12.3. The highest BCUT2D eigenvalue weighted by molar-refractivity contribution is 6.32. The quantitative estimate of drug-likeness (QED) is 0.818. The number of fused-ring (bicyclic) bond motifs is 1. The van der Waals surface area contributed by atoms with Gasteiger partial charge in [-0.15, -0.1) is 0 Å². The smallest absolute Gasteiger partial charge is 0.224 e. The number of ether oxygens (including phenoxy) is 3. The zero-order chi connectivity index (χ0) is 19.2. The molecule has 0 aliphatic carbocycles. The van der Waals surface area contributed by atoms with Crippen molar-refractivity contribution in [1.82, 2.24) is 5.32 Å². The lowest BCUT2D eigenvalue weighted by molar-refractivity contribution is -0.120. The third-order valence-corrected chi connectivity index (χ3v) is 4.66. The predicted molar refractivity (Wildman–Crippen MR) is 105 cm³/mol. The number of carbonyl (C=O) groups is 1. The van der Waals surface area contributed by atoms with Crippen LogP contribution in [0.25, 0.3) is 0 Å². The van der Waals surface area contributed by atoms with E-state index >= 15 is 0 Å². The minimum atomic E-state index is -0.0628. The van der Waals surface area contributed by atoms with Gasteiger partial charge in [0.15, 0.2) is 11.5 Å². The molecule has 144 valence electrons. The van der Waals surface area contributed by atoms with Gasteiger partial charge in [0.05, 0.1) is 31.8 Å². The molecule has 0 bridgehead atoms. The second kappa shape index (κ2) is 9.00. The molecule has 0 fully saturated rings. The fourth-order valence-electron chi connectivity index (χ4n) is 3.07. The first kappa shape index (κ1) is 19.4. The molecule has 2 aromatic rings. The van der Waals surface area contributed by atoms with Crippen LogP contribution in [-0.4, -0.2) is 32.8 Å². The fourth-order valence-corrected chi connectivity index (χ4v) is 3.36. The number of nitrogens with one attached hydrogen (secondary N) is 1. The summed E-state index contributed by atoms with van der Waals surface area (Å²) in [5, 5.41) is 3.43. The van der Waals surface area contributed by atoms with Crippen molar-refractivity contribution in [3.05, 3.63) is 52.0 Å². The maximum Gasteiger partial charge on any atom is 0.224 e. The van der Waals surface area contributed by atoms with Crippen molar-refractivity contribution in [3.8, 4) is 17.2 Å². The van der Waals surface area contributed by atoms with Gasteiger partial charge in [-0.25, -0.2) is 0 Å². The van der Waals surface area contributed by atoms with Gasteiger partial charge in [0.25, 0.3) is 0 Å². The largest absolute Gasteiger partial charge is 0.496 e. The van der Waals surface area contributed by atoms with Crippen LogP contribution >= 0.6 is 11.6 Å². The van der Waals surface area contributed by atoms with Crippen LogP contribution in [0.3, 0.4) is 0 Å². The third kappa shape index (κ3) is 5.07. The molecule has 1 aliphatic heterocycles. The summed E-state index contributed by atoms with van der Waals surface area (Å²) < 4.78 is 16.7. The van der Waals surface area contributed by atoms with Gasteiger partial charge in [0.1, 0.15) is 5.75 Å². The van der Waals surface area contributed by atoms with Crippen molar-refractivity contribution in [3.63, 3.8) is 0 Å². The highest BCUT2D eigenvalue weighted by atomic mass is 35.5. The van der Waals surface area contributed by atoms with Crippen molar-refractivity contribution in [1.29, 1.82) is 0 Å². The van der Waals surface area contributed by atoms with Crippen LogP contribution < -0.4 is 19.5 Å². The number of amides is 1. The van der Waals surface area contributed by atoms with Crippen LogP contribution in [0.15, 0.2) is 30.3 Å². The Morgan fingerprint density at radius 2 is 2.04 bits per heavy atom. The zero-order valence-corrected chi connectivity index (χ0v) is 16.4. The fraction of sp³-hybridized carbons (Fsp3) is 0.381. The lowest BCUT2D eigenvalue weighted by Gasteiger charge is -2.12. The minimum Gasteiger partial charge on any atom is -0.496 e. The molecule has 2 aromatic carbocycles. The predicted octanol–water partition coefficient (Wildman–Crippen LogP) is 3.72. The number of benzene rings is 2. The molecule has 1 amide bonds. The summed E-state index contributed by atoms with van der Waals surface area (Å²) in [5.41, 5.74) is 3.05. The van der Waals surface area contributed by atoms with Crippen LogP contribution in [0.5, 0.6) is 17.2 Å². The third-order valence-electron chi connectivity index (χ3n) is 4.38. The van der Waals surface area contributed by atoms with Crippen molar-refractivity contribution in [2.45, 2.75) is 26.2 Å². The van der Waals surface area contributed by atoms with E-state index < -0.39 is 0 Å². The Morgan fingerprint density at radius 1 is 1.22 bits per heavy atom. The molecule has 27 heavy (non-hydrogen) atoms. The van der Waals surface area contributed by atoms with E-state index in [4.69, 9.17) is 25.8 Å². The van der Waals surface area contributed by atoms with Gasteiger partial charge in [-0.05, 0) is 42.7 Å². The monoisotopic (exact) mass is 389 g/mol. The van der Waals surface area contributed by atoms with Crippen molar-refractivity contribution >= 4 is 17.5 Å². The molecular formula is C21H24ClNO4. The van der Waals surface area contributed by atoms with E-state index in [1.165, 1.54) is 5.56 Å². The molecule has 0 saturated heterocycles. The molecule has 3 rings (SSSR count). The Balaban J connectivity index is 1.58. The normalized spacial score (nSPS) is 13.0. The summed E-state index contributed by atoms with van der Waals surface area (Å²) in [6.45, 7) is 3.73. The SMILES string of the molecule is COc1ccc(C)cc1CCNC(=O)Cc1cc(Cl)c2c(c1)OCCCO2. The Hall–Kier alpha value is -2.40. The second-order valence-corrected chi connectivity index (χ2v) is 6.95. The van der Waals surface area contributed by atoms with E-state index in [0.717, 1.165) is 23.3 Å². The average Bonchev–Trinajstić information content (AvgIpc) is 2.88. The van der Waals surface area contributed by atoms with E-state index in [0.29, 0.717) is 42.7 Å². The Morgan fingerprint density at radius 3 is 2.85 bits per heavy atom. The topological polar surface area (TPSA) is 56.8 Å². The number of methoxy groups -OCH3 is 1. The second-order valence-electron chi connectivity index (χ2n) is 6.55. The molecular weight excluding hydrogens is 366 g/mol. The minimum absolute atomic E-state index is 0.0628. The first-order valence-corrected chi connectivity index (χ1v) is 9.43. The van der Waals surface area contributed by atoms with E-state index in [9.17, 15) is 4.79 Å². The molecule has 0 radical (unpaired) electrons. The number of aryl methyl sites for hydroxylation is 1. The van der Waals surface area contributed by atoms with Gasteiger partial charge >= 0.3 is 0 Å². The molecule has 5 nitrogen and oxygen atoms in total. The van der Waals surface area contributed by atoms with Crippen LogP contribution in [0.4, 0.5) is 0 Å². The van der Waals surface area contributed by atoms with Crippen LogP contribution in [0.1, 0.15) is 23.1 Å². The molecule has 1 aliphatic rings. The van der Waals surface area contributed by atoms with Gasteiger partial charge in [-0.1, -0.05) is 29.3 Å². The molecule has 0 aromatic heterocycles. The van der Waals surface area contributed by atoms with Crippen molar-refractivity contribution in [2.75, 3.05) is 26.9 Å². The first-order chi connectivity index (χ1) is 13.1. The van der Waals surface area contributed by atoms with E-state index in [2.05, 4.69) is 11.4 Å². The van der Waals surface area contributed by atoms with Crippen LogP contribution in [-0.2, 0) is 17.6 Å². The molecule has 1 heterocycles. The molecule has 0 unspecified atom stereocenters. The summed E-state index contributed by atoms with van der Waals surface area (Å²) in [5.74, 6) is 1.94. The van der Waals surface area contributed by atoms with E-state index in [1.54, 1.807) is 13.2 Å². The van der Waals surface area contributed by atoms with E-state index in [1.807, 2.05) is 25.1 Å². The van der Waals surface area contributed by atoms with Gasteiger partial charge in [-0.3, -0.25) is 4.79 Å². The molecule has 0 spiro atoms. The highest BCUT2D eigenvalue weighted by Crippen LogP contribution is 2.38. The number of carbonyl (C=O) groups excluding carboxylic acids is 1. The highest BCUT2D eigenvalue weighted by Gasteiger charge is 2.16. The average molecular weight is 390 g/mol. The summed E-state index contributed by atoms with van der Waals surface area (Å²) >= 11 is 6.29. The Bertz CT molecular complexity index is 822. The molecule has 0 saturated carbocycles. The van der Waals surface area contributed by atoms with Gasteiger partial charge in [-0.2, -0.15) is 0 Å². The van der Waals surface area contributed by atoms with Gasteiger partial charge < -0.3 is 19.5 Å². The number of rotatable bonds is 6. The lowest BCUT2D eigenvalue weighted by atomic mass is 10.1.